The van der Waals surface area contributed by atoms with Gasteiger partial charge in [0.1, 0.15) is 5.65 Å². The van der Waals surface area contributed by atoms with E-state index in [9.17, 15) is 0 Å². The molecule has 5 nitrogen and oxygen atoms in total. The number of hydrogen-bond donors (Lipinski definition) is 0. The summed E-state index contributed by atoms with van der Waals surface area (Å²) < 4.78 is 4.44. The molecule has 4 heterocycles. The molecular weight excluding hydrogens is 442 g/mol. The van der Waals surface area contributed by atoms with Crippen LogP contribution in [0.3, 0.4) is 0 Å². The van der Waals surface area contributed by atoms with Gasteiger partial charge in [0.15, 0.2) is 0 Å². The van der Waals surface area contributed by atoms with E-state index in [0.717, 1.165) is 60.3 Å². The molecule has 0 spiro atoms. The van der Waals surface area contributed by atoms with Crippen LogP contribution < -0.4 is 0 Å². The largest absolute Gasteiger partial charge is 0.294 e. The second kappa shape index (κ2) is 7.23. The highest BCUT2D eigenvalue weighted by Gasteiger charge is 2.22. The van der Waals surface area contributed by atoms with E-state index in [-0.39, 0.29) is 0 Å². The number of nitrogens with zero attached hydrogens (tertiary/aromatic N) is 5. The molecule has 0 unspecified atom stereocenters. The molecule has 5 heteroatoms. The molecule has 0 fully saturated rings. The van der Waals surface area contributed by atoms with Crippen LogP contribution in [0.5, 0.6) is 0 Å². The van der Waals surface area contributed by atoms with E-state index in [1.54, 1.807) is 0 Å². The minimum absolute atomic E-state index is 0.656. The molecule has 0 aliphatic carbocycles. The van der Waals surface area contributed by atoms with Gasteiger partial charge in [0.05, 0.1) is 27.5 Å². The number of rotatable bonds is 2. The van der Waals surface area contributed by atoms with Gasteiger partial charge in [-0.2, -0.15) is 0 Å². The van der Waals surface area contributed by atoms with Crippen molar-refractivity contribution in [3.63, 3.8) is 0 Å². The van der Waals surface area contributed by atoms with Gasteiger partial charge in [-0.3, -0.25) is 9.13 Å². The molecule has 36 heavy (non-hydrogen) atoms. The molecule has 0 bridgehead atoms. The van der Waals surface area contributed by atoms with E-state index in [1.807, 2.05) is 42.7 Å². The van der Waals surface area contributed by atoms with Crippen LogP contribution in [0.2, 0.25) is 0 Å². The van der Waals surface area contributed by atoms with Gasteiger partial charge in [-0.1, -0.05) is 72.8 Å². The van der Waals surface area contributed by atoms with Crippen LogP contribution in [0.1, 0.15) is 0 Å². The van der Waals surface area contributed by atoms with Gasteiger partial charge in [0, 0.05) is 39.6 Å². The van der Waals surface area contributed by atoms with Crippen molar-refractivity contribution >= 4 is 54.6 Å². The van der Waals surface area contributed by atoms with Crippen molar-refractivity contribution in [3.05, 3.63) is 116 Å². The Bertz CT molecular complexity index is 2100. The average molecular weight is 462 g/mol. The third-order valence-electron chi connectivity index (χ3n) is 7.01. The fourth-order valence-electron chi connectivity index (χ4n) is 5.47. The van der Waals surface area contributed by atoms with Crippen molar-refractivity contribution in [2.24, 2.45) is 0 Å². The minimum Gasteiger partial charge on any atom is -0.294 e. The van der Waals surface area contributed by atoms with Gasteiger partial charge in [-0.15, -0.1) is 0 Å². The maximum Gasteiger partial charge on any atom is 0.235 e. The topological polar surface area (TPSA) is 48.5 Å². The SMILES string of the molecule is c1ccc(-n2c3ccccc3c3c2ncc2c4ccccc4n(-c4ncc5ccccc5n4)c23)cc1. The molecule has 4 aromatic carbocycles. The number of para-hydroxylation sites is 4. The molecule has 0 N–H and O–H groups in total. The van der Waals surface area contributed by atoms with E-state index in [1.165, 1.54) is 0 Å². The summed E-state index contributed by atoms with van der Waals surface area (Å²) in [5, 5.41) is 5.50. The Labute approximate surface area is 205 Å². The summed E-state index contributed by atoms with van der Waals surface area (Å²) in [4.78, 5) is 14.9. The maximum atomic E-state index is 5.04. The third kappa shape index (κ3) is 2.57. The van der Waals surface area contributed by atoms with Crippen molar-refractivity contribution in [1.82, 2.24) is 24.1 Å². The zero-order chi connectivity index (χ0) is 23.6. The lowest BCUT2D eigenvalue weighted by atomic mass is 10.1. The van der Waals surface area contributed by atoms with Crippen LogP contribution in [0.4, 0.5) is 0 Å². The molecule has 8 rings (SSSR count). The number of fused-ring (bicyclic) bond motifs is 8. The van der Waals surface area contributed by atoms with Crippen molar-refractivity contribution < 1.29 is 0 Å². The molecule has 8 aromatic rings. The Kier molecular flexibility index (Phi) is 3.88. The summed E-state index contributed by atoms with van der Waals surface area (Å²) in [7, 11) is 0. The lowest BCUT2D eigenvalue weighted by Crippen LogP contribution is -2.01. The number of hydrogen-bond acceptors (Lipinski definition) is 3. The van der Waals surface area contributed by atoms with Gasteiger partial charge in [0.25, 0.3) is 0 Å². The standard InChI is InChI=1S/C31H19N5/c1-2-11-21(12-3-1)35-27-17-9-6-14-23(27)28-29-24(19-32-30(28)35)22-13-5-8-16-26(22)36(29)31-33-18-20-10-4-7-15-25(20)34-31/h1-19H. The van der Waals surface area contributed by atoms with Gasteiger partial charge in [-0.25, -0.2) is 15.0 Å². The van der Waals surface area contributed by atoms with Crippen LogP contribution in [-0.4, -0.2) is 24.1 Å². The highest BCUT2D eigenvalue weighted by atomic mass is 15.2. The Morgan fingerprint density at radius 1 is 0.528 bits per heavy atom. The number of pyridine rings is 1. The molecule has 168 valence electrons. The molecule has 4 aromatic heterocycles. The predicted octanol–water partition coefficient (Wildman–Crippen LogP) is 7.22. The van der Waals surface area contributed by atoms with Crippen LogP contribution in [0.15, 0.2) is 116 Å². The van der Waals surface area contributed by atoms with Crippen molar-refractivity contribution in [2.75, 3.05) is 0 Å². The number of aromatic nitrogens is 5. The maximum absolute atomic E-state index is 5.04. The lowest BCUT2D eigenvalue weighted by molar-refractivity contribution is 1.01. The third-order valence-corrected chi connectivity index (χ3v) is 7.01. The fraction of sp³-hybridized carbons (Fsp3) is 0. The first-order valence-corrected chi connectivity index (χ1v) is 12.0. The van der Waals surface area contributed by atoms with E-state index in [2.05, 4.69) is 81.9 Å². The summed E-state index contributed by atoms with van der Waals surface area (Å²) in [6, 6.07) is 35.5. The van der Waals surface area contributed by atoms with E-state index in [4.69, 9.17) is 15.0 Å². The van der Waals surface area contributed by atoms with Gasteiger partial charge >= 0.3 is 0 Å². The van der Waals surface area contributed by atoms with E-state index >= 15 is 0 Å². The van der Waals surface area contributed by atoms with Gasteiger partial charge < -0.3 is 0 Å². The average Bonchev–Trinajstić information content (AvgIpc) is 3.46. The summed E-state index contributed by atoms with van der Waals surface area (Å²) in [6.45, 7) is 0. The van der Waals surface area contributed by atoms with Crippen LogP contribution in [-0.2, 0) is 0 Å². The zero-order valence-corrected chi connectivity index (χ0v) is 19.2. The quantitative estimate of drug-likeness (QED) is 0.273. The Morgan fingerprint density at radius 3 is 2.08 bits per heavy atom. The van der Waals surface area contributed by atoms with Crippen molar-refractivity contribution in [1.29, 1.82) is 0 Å². The summed E-state index contributed by atoms with van der Waals surface area (Å²) in [5.41, 5.74) is 6.18. The zero-order valence-electron chi connectivity index (χ0n) is 19.2. The second-order valence-corrected chi connectivity index (χ2v) is 8.99. The normalized spacial score (nSPS) is 11.9. The number of benzene rings is 4. The molecule has 0 aliphatic heterocycles. The van der Waals surface area contributed by atoms with Gasteiger partial charge in [-0.05, 0) is 30.3 Å². The van der Waals surface area contributed by atoms with Crippen molar-refractivity contribution in [3.8, 4) is 11.6 Å². The van der Waals surface area contributed by atoms with Gasteiger partial charge in [0.2, 0.25) is 5.95 Å². The van der Waals surface area contributed by atoms with E-state index < -0.39 is 0 Å². The van der Waals surface area contributed by atoms with Crippen LogP contribution in [0.25, 0.3) is 66.3 Å². The molecule has 0 saturated heterocycles. The van der Waals surface area contributed by atoms with Crippen LogP contribution in [0, 0.1) is 0 Å². The Morgan fingerprint density at radius 2 is 1.22 bits per heavy atom. The summed E-state index contributed by atoms with van der Waals surface area (Å²) >= 11 is 0. The highest BCUT2D eigenvalue weighted by Crippen LogP contribution is 2.40. The first-order chi connectivity index (χ1) is 17.9. The Balaban J connectivity index is 1.61. The predicted molar refractivity (Wildman–Crippen MR) is 146 cm³/mol. The first-order valence-electron chi connectivity index (χ1n) is 12.0. The minimum atomic E-state index is 0.656. The molecular formula is C31H19N5. The molecule has 0 atom stereocenters. The second-order valence-electron chi connectivity index (χ2n) is 8.99. The smallest absolute Gasteiger partial charge is 0.235 e. The molecule has 0 aliphatic rings. The summed E-state index contributed by atoms with van der Waals surface area (Å²) in [5.74, 6) is 0.656. The van der Waals surface area contributed by atoms with E-state index in [0.29, 0.717) is 5.95 Å². The lowest BCUT2D eigenvalue weighted by Gasteiger charge is -2.08. The van der Waals surface area contributed by atoms with Crippen molar-refractivity contribution in [2.45, 2.75) is 0 Å². The molecule has 0 amide bonds. The first kappa shape index (κ1) is 19.3. The summed E-state index contributed by atoms with van der Waals surface area (Å²) in [6.07, 6.45) is 3.90. The Hall–Kier alpha value is -5.03. The molecule has 0 saturated carbocycles. The molecule has 0 radical (unpaired) electrons. The fourth-order valence-corrected chi connectivity index (χ4v) is 5.47. The van der Waals surface area contributed by atoms with Crippen LogP contribution >= 0.6 is 0 Å². The monoisotopic (exact) mass is 461 g/mol. The highest BCUT2D eigenvalue weighted by molar-refractivity contribution is 6.24.